The van der Waals surface area contributed by atoms with Gasteiger partial charge in [0.15, 0.2) is 6.29 Å². The minimum Gasteiger partial charge on any atom is -0.464 e. The van der Waals surface area contributed by atoms with Crippen LogP contribution in [0.3, 0.4) is 0 Å². The number of thiophene rings is 1. The van der Waals surface area contributed by atoms with Crippen molar-refractivity contribution in [3.8, 4) is 11.1 Å². The second-order valence-corrected chi connectivity index (χ2v) is 4.40. The van der Waals surface area contributed by atoms with E-state index >= 15 is 0 Å². The van der Waals surface area contributed by atoms with E-state index in [2.05, 4.69) is 0 Å². The standard InChI is InChI=1S/C13H8O2S/c14-8-13-11(5-7-16-13)9-2-1-3-12-10(9)4-6-15-12/h1-8H. The number of furan rings is 1. The van der Waals surface area contributed by atoms with E-state index in [4.69, 9.17) is 4.42 Å². The van der Waals surface area contributed by atoms with E-state index in [1.165, 1.54) is 11.3 Å². The Labute approximate surface area is 96.1 Å². The van der Waals surface area contributed by atoms with Gasteiger partial charge in [0, 0.05) is 10.9 Å². The summed E-state index contributed by atoms with van der Waals surface area (Å²) in [5.41, 5.74) is 2.88. The maximum Gasteiger partial charge on any atom is 0.160 e. The summed E-state index contributed by atoms with van der Waals surface area (Å²) in [4.78, 5) is 11.7. The number of aldehydes is 1. The van der Waals surface area contributed by atoms with Gasteiger partial charge in [-0.2, -0.15) is 0 Å². The summed E-state index contributed by atoms with van der Waals surface area (Å²) >= 11 is 1.46. The van der Waals surface area contributed by atoms with Crippen molar-refractivity contribution in [2.45, 2.75) is 0 Å². The molecule has 0 aliphatic heterocycles. The van der Waals surface area contributed by atoms with Crippen molar-refractivity contribution < 1.29 is 9.21 Å². The van der Waals surface area contributed by atoms with Crippen LogP contribution in [0.25, 0.3) is 22.1 Å². The molecule has 78 valence electrons. The van der Waals surface area contributed by atoms with Crippen LogP contribution in [0.4, 0.5) is 0 Å². The van der Waals surface area contributed by atoms with E-state index in [9.17, 15) is 4.79 Å². The quantitative estimate of drug-likeness (QED) is 0.621. The third-order valence-corrected chi connectivity index (χ3v) is 3.43. The Morgan fingerprint density at radius 1 is 1.12 bits per heavy atom. The van der Waals surface area contributed by atoms with Gasteiger partial charge in [-0.05, 0) is 29.1 Å². The molecule has 0 amide bonds. The minimum absolute atomic E-state index is 0.758. The van der Waals surface area contributed by atoms with Crippen LogP contribution in [-0.4, -0.2) is 6.29 Å². The zero-order valence-corrected chi connectivity index (χ0v) is 9.16. The highest BCUT2D eigenvalue weighted by atomic mass is 32.1. The first kappa shape index (κ1) is 9.36. The normalized spacial score (nSPS) is 10.8. The molecular formula is C13H8O2S. The van der Waals surface area contributed by atoms with E-state index in [0.29, 0.717) is 0 Å². The first-order chi connectivity index (χ1) is 7.90. The molecule has 2 aromatic heterocycles. The van der Waals surface area contributed by atoms with Crippen LogP contribution in [-0.2, 0) is 0 Å². The van der Waals surface area contributed by atoms with Gasteiger partial charge in [0.25, 0.3) is 0 Å². The minimum atomic E-state index is 0.758. The molecule has 0 spiro atoms. The van der Waals surface area contributed by atoms with Crippen molar-refractivity contribution in [1.29, 1.82) is 0 Å². The summed E-state index contributed by atoms with van der Waals surface area (Å²) in [6, 6.07) is 9.76. The van der Waals surface area contributed by atoms with Crippen LogP contribution in [0, 0.1) is 0 Å². The molecule has 0 bridgehead atoms. The van der Waals surface area contributed by atoms with Crippen LogP contribution in [0.15, 0.2) is 46.4 Å². The van der Waals surface area contributed by atoms with Gasteiger partial charge in [0.2, 0.25) is 0 Å². The van der Waals surface area contributed by atoms with Crippen LogP contribution < -0.4 is 0 Å². The van der Waals surface area contributed by atoms with Crippen molar-refractivity contribution in [3.63, 3.8) is 0 Å². The van der Waals surface area contributed by atoms with Gasteiger partial charge in [-0.25, -0.2) is 0 Å². The molecule has 16 heavy (non-hydrogen) atoms. The Balaban J connectivity index is 2.33. The topological polar surface area (TPSA) is 30.2 Å². The van der Waals surface area contributed by atoms with Gasteiger partial charge in [-0.1, -0.05) is 12.1 Å². The van der Waals surface area contributed by atoms with Gasteiger partial charge in [-0.15, -0.1) is 11.3 Å². The average Bonchev–Trinajstić information content (AvgIpc) is 2.96. The van der Waals surface area contributed by atoms with Gasteiger partial charge >= 0.3 is 0 Å². The highest BCUT2D eigenvalue weighted by molar-refractivity contribution is 7.12. The van der Waals surface area contributed by atoms with E-state index in [1.54, 1.807) is 6.26 Å². The summed E-state index contributed by atoms with van der Waals surface area (Å²) in [7, 11) is 0. The average molecular weight is 228 g/mol. The highest BCUT2D eigenvalue weighted by Gasteiger charge is 2.10. The van der Waals surface area contributed by atoms with E-state index in [1.807, 2.05) is 35.7 Å². The molecule has 0 N–H and O–H groups in total. The molecular weight excluding hydrogens is 220 g/mol. The number of fused-ring (bicyclic) bond motifs is 1. The Bertz CT molecular complexity index is 649. The fourth-order valence-corrected chi connectivity index (χ4v) is 2.57. The molecule has 3 heteroatoms. The summed E-state index contributed by atoms with van der Waals surface area (Å²) in [5.74, 6) is 0. The van der Waals surface area contributed by atoms with Crippen molar-refractivity contribution in [2.24, 2.45) is 0 Å². The molecule has 3 rings (SSSR count). The molecule has 2 heterocycles. The van der Waals surface area contributed by atoms with Crippen LogP contribution in [0.2, 0.25) is 0 Å². The van der Waals surface area contributed by atoms with Gasteiger partial charge in [0.1, 0.15) is 5.58 Å². The molecule has 0 aliphatic rings. The molecule has 0 fully saturated rings. The lowest BCUT2D eigenvalue weighted by Crippen LogP contribution is -1.80. The van der Waals surface area contributed by atoms with Gasteiger partial charge < -0.3 is 4.42 Å². The Morgan fingerprint density at radius 3 is 2.94 bits per heavy atom. The monoisotopic (exact) mass is 228 g/mol. The Kier molecular flexibility index (Phi) is 2.11. The molecule has 0 unspecified atom stereocenters. The van der Waals surface area contributed by atoms with Gasteiger partial charge in [0.05, 0.1) is 11.1 Å². The summed E-state index contributed by atoms with van der Waals surface area (Å²) in [6.45, 7) is 0. The molecule has 3 aromatic rings. The first-order valence-electron chi connectivity index (χ1n) is 4.89. The second-order valence-electron chi connectivity index (χ2n) is 3.45. The molecule has 0 aliphatic carbocycles. The Hall–Kier alpha value is -1.87. The van der Waals surface area contributed by atoms with Gasteiger partial charge in [-0.3, -0.25) is 4.79 Å². The predicted molar refractivity (Wildman–Crippen MR) is 64.9 cm³/mol. The Morgan fingerprint density at radius 2 is 2.06 bits per heavy atom. The van der Waals surface area contributed by atoms with Crippen molar-refractivity contribution in [3.05, 3.63) is 46.9 Å². The molecule has 0 atom stereocenters. The maximum atomic E-state index is 10.9. The second kappa shape index (κ2) is 3.61. The third kappa shape index (κ3) is 1.29. The maximum absolute atomic E-state index is 10.9. The van der Waals surface area contributed by atoms with Crippen LogP contribution in [0.1, 0.15) is 9.67 Å². The lowest BCUT2D eigenvalue weighted by molar-refractivity contribution is 0.112. The van der Waals surface area contributed by atoms with Crippen molar-refractivity contribution >= 4 is 28.6 Å². The first-order valence-corrected chi connectivity index (χ1v) is 5.77. The summed E-state index contributed by atoms with van der Waals surface area (Å²) in [6.07, 6.45) is 2.57. The smallest absolute Gasteiger partial charge is 0.160 e. The van der Waals surface area contributed by atoms with E-state index < -0.39 is 0 Å². The number of rotatable bonds is 2. The fourth-order valence-electron chi connectivity index (χ4n) is 1.86. The van der Waals surface area contributed by atoms with Crippen LogP contribution >= 0.6 is 11.3 Å². The molecule has 0 saturated heterocycles. The number of carbonyl (C=O) groups excluding carboxylic acids is 1. The predicted octanol–water partition coefficient (Wildman–Crippen LogP) is 3.97. The summed E-state index contributed by atoms with van der Waals surface area (Å²) < 4.78 is 5.35. The number of hydrogen-bond donors (Lipinski definition) is 0. The largest absolute Gasteiger partial charge is 0.464 e. The van der Waals surface area contributed by atoms with E-state index in [-0.39, 0.29) is 0 Å². The van der Waals surface area contributed by atoms with Crippen LogP contribution in [0.5, 0.6) is 0 Å². The number of carbonyl (C=O) groups is 1. The number of benzene rings is 1. The molecule has 1 aromatic carbocycles. The lowest BCUT2D eigenvalue weighted by Gasteiger charge is -2.00. The van der Waals surface area contributed by atoms with Crippen molar-refractivity contribution in [2.75, 3.05) is 0 Å². The molecule has 0 radical (unpaired) electrons. The summed E-state index contributed by atoms with van der Waals surface area (Å²) in [5, 5.41) is 2.97. The molecule has 0 saturated carbocycles. The molecule has 2 nitrogen and oxygen atoms in total. The fraction of sp³-hybridized carbons (Fsp3) is 0. The third-order valence-electron chi connectivity index (χ3n) is 2.59. The zero-order valence-electron chi connectivity index (χ0n) is 8.34. The van der Waals surface area contributed by atoms with Crippen molar-refractivity contribution in [1.82, 2.24) is 0 Å². The zero-order chi connectivity index (χ0) is 11.0. The van der Waals surface area contributed by atoms with E-state index in [0.717, 1.165) is 33.3 Å². The SMILES string of the molecule is O=Cc1sccc1-c1cccc2occc12. The lowest BCUT2D eigenvalue weighted by atomic mass is 10.0. The number of hydrogen-bond acceptors (Lipinski definition) is 3. The highest BCUT2D eigenvalue weighted by Crippen LogP contribution is 2.33.